The van der Waals surface area contributed by atoms with Crippen molar-refractivity contribution in [3.63, 3.8) is 0 Å². The molecule has 10 heteroatoms. The van der Waals surface area contributed by atoms with Crippen molar-refractivity contribution in [3.05, 3.63) is 21.0 Å². The lowest BCUT2D eigenvalue weighted by atomic mass is 10.2. The molecule has 0 aromatic carbocycles. The van der Waals surface area contributed by atoms with E-state index >= 15 is 0 Å². The molecule has 1 rings (SSSR count). The predicted molar refractivity (Wildman–Crippen MR) is 59.9 cm³/mol. The van der Waals surface area contributed by atoms with Crippen LogP contribution in [0.1, 0.15) is 22.5 Å². The van der Waals surface area contributed by atoms with E-state index in [9.17, 15) is 26.7 Å². The van der Waals surface area contributed by atoms with Crippen molar-refractivity contribution in [2.24, 2.45) is 0 Å². The Morgan fingerprint density at radius 2 is 2.00 bits per heavy atom. The summed E-state index contributed by atoms with van der Waals surface area (Å²) < 4.78 is 68.8. The van der Waals surface area contributed by atoms with Gasteiger partial charge in [0.25, 0.3) is 6.43 Å². The first kappa shape index (κ1) is 15.9. The van der Waals surface area contributed by atoms with Crippen LogP contribution in [0.25, 0.3) is 0 Å². The van der Waals surface area contributed by atoms with E-state index in [4.69, 9.17) is 0 Å². The Hall–Kier alpha value is -1.20. The Morgan fingerprint density at radius 3 is 2.42 bits per heavy atom. The topological polar surface area (TPSA) is 48.4 Å². The minimum absolute atomic E-state index is 0.500. The molecule has 0 aliphatic rings. The second-order valence-corrected chi connectivity index (χ2v) is 4.08. The molecule has 1 aromatic heterocycles. The van der Waals surface area contributed by atoms with Crippen LogP contribution < -0.4 is 4.74 Å². The number of nitrogens with zero attached hydrogens (tertiary/aromatic N) is 1. The van der Waals surface area contributed by atoms with E-state index in [-0.39, 0.29) is 0 Å². The molecule has 0 N–H and O–H groups in total. The van der Waals surface area contributed by atoms with Crippen molar-refractivity contribution in [1.82, 2.24) is 4.98 Å². The van der Waals surface area contributed by atoms with Crippen LogP contribution in [0.4, 0.5) is 22.0 Å². The molecule has 0 bridgehead atoms. The smallest absolute Gasteiger partial charge is 0.465 e. The van der Waals surface area contributed by atoms with Crippen LogP contribution in [0.15, 0.2) is 6.07 Å². The van der Waals surface area contributed by atoms with Crippen LogP contribution in [-0.4, -0.2) is 24.4 Å². The Kier molecular flexibility index (Phi) is 4.87. The molecule has 1 aromatic rings. The van der Waals surface area contributed by atoms with Crippen molar-refractivity contribution in [1.29, 1.82) is 0 Å². The fourth-order valence-corrected chi connectivity index (χ4v) is 1.79. The van der Waals surface area contributed by atoms with Gasteiger partial charge in [-0.3, -0.25) is 0 Å². The zero-order valence-corrected chi connectivity index (χ0v) is 11.3. The van der Waals surface area contributed by atoms with Gasteiger partial charge in [0, 0.05) is 0 Å². The number of hydrogen-bond acceptors (Lipinski definition) is 4. The van der Waals surface area contributed by atoms with Gasteiger partial charge in [-0.25, -0.2) is 18.6 Å². The van der Waals surface area contributed by atoms with Crippen molar-refractivity contribution in [2.75, 3.05) is 7.11 Å². The second kappa shape index (κ2) is 5.84. The molecule has 0 spiro atoms. The third kappa shape index (κ3) is 4.14. The standard InChI is InChI=1S/C9H5F5INO3/c1-18-8(17)3-2-4(6(10)11)16-7(15)5(3)19-9(12,13)14/h2,6H,1H3. The number of pyridine rings is 1. The van der Waals surface area contributed by atoms with Crippen molar-refractivity contribution >= 4 is 28.6 Å². The van der Waals surface area contributed by atoms with Crippen LogP contribution in [0, 0.1) is 3.70 Å². The van der Waals surface area contributed by atoms with E-state index in [2.05, 4.69) is 14.5 Å². The highest BCUT2D eigenvalue weighted by atomic mass is 127. The van der Waals surface area contributed by atoms with Gasteiger partial charge in [-0.2, -0.15) is 0 Å². The zero-order chi connectivity index (χ0) is 14.8. The fourth-order valence-electron chi connectivity index (χ4n) is 1.11. The highest BCUT2D eigenvalue weighted by Crippen LogP contribution is 2.33. The quantitative estimate of drug-likeness (QED) is 0.340. The number of carbonyl (C=O) groups is 1. The zero-order valence-electron chi connectivity index (χ0n) is 9.09. The van der Waals surface area contributed by atoms with Gasteiger partial charge in [0.15, 0.2) is 5.75 Å². The fraction of sp³-hybridized carbons (Fsp3) is 0.333. The summed E-state index contributed by atoms with van der Waals surface area (Å²) in [6, 6.07) is 0.500. The van der Waals surface area contributed by atoms with Crippen LogP contribution in [0.2, 0.25) is 0 Å². The normalized spacial score (nSPS) is 11.6. The summed E-state index contributed by atoms with van der Waals surface area (Å²) in [6.07, 6.45) is -8.13. The third-order valence-electron chi connectivity index (χ3n) is 1.80. The summed E-state index contributed by atoms with van der Waals surface area (Å²) >= 11 is 1.26. The lowest BCUT2D eigenvalue weighted by Gasteiger charge is -2.14. The number of methoxy groups -OCH3 is 1. The number of carbonyl (C=O) groups excluding carboxylic acids is 1. The Labute approximate surface area is 117 Å². The summed E-state index contributed by atoms with van der Waals surface area (Å²) in [5, 5.41) is 0. The molecule has 0 saturated carbocycles. The molecular formula is C9H5F5INO3. The molecule has 0 unspecified atom stereocenters. The largest absolute Gasteiger partial charge is 0.573 e. The maximum absolute atomic E-state index is 12.5. The van der Waals surface area contributed by atoms with Gasteiger partial charge in [-0.1, -0.05) is 0 Å². The minimum atomic E-state index is -5.09. The lowest BCUT2D eigenvalue weighted by molar-refractivity contribution is -0.275. The molecule has 0 fully saturated rings. The molecule has 0 aliphatic heterocycles. The molecule has 19 heavy (non-hydrogen) atoms. The number of esters is 1. The van der Waals surface area contributed by atoms with E-state index in [1.54, 1.807) is 0 Å². The lowest BCUT2D eigenvalue weighted by Crippen LogP contribution is -2.21. The van der Waals surface area contributed by atoms with Crippen molar-refractivity contribution in [3.8, 4) is 5.75 Å². The number of aromatic nitrogens is 1. The summed E-state index contributed by atoms with van der Waals surface area (Å²) in [7, 11) is 0.898. The molecule has 1 heterocycles. The van der Waals surface area contributed by atoms with E-state index in [0.717, 1.165) is 7.11 Å². The monoisotopic (exact) mass is 397 g/mol. The summed E-state index contributed by atoms with van der Waals surface area (Å²) in [6.45, 7) is 0. The number of alkyl halides is 5. The number of rotatable bonds is 3. The second-order valence-electron chi connectivity index (χ2n) is 3.05. The molecule has 0 atom stereocenters. The summed E-state index contributed by atoms with van der Waals surface area (Å²) in [5.74, 6) is -2.20. The summed E-state index contributed by atoms with van der Waals surface area (Å²) in [4.78, 5) is 14.5. The molecule has 106 valence electrons. The van der Waals surface area contributed by atoms with Gasteiger partial charge in [-0.15, -0.1) is 13.2 Å². The van der Waals surface area contributed by atoms with Gasteiger partial charge < -0.3 is 9.47 Å². The molecule has 0 aliphatic carbocycles. The van der Waals surface area contributed by atoms with Crippen LogP contribution in [-0.2, 0) is 4.74 Å². The Balaban J connectivity index is 3.39. The number of halogens is 6. The van der Waals surface area contributed by atoms with E-state index < -0.39 is 39.5 Å². The highest BCUT2D eigenvalue weighted by molar-refractivity contribution is 14.1. The SMILES string of the molecule is COC(=O)c1cc(C(F)F)nc(I)c1OC(F)(F)F. The van der Waals surface area contributed by atoms with Crippen LogP contribution in [0.5, 0.6) is 5.75 Å². The number of ether oxygens (including phenoxy) is 2. The average molecular weight is 397 g/mol. The van der Waals surface area contributed by atoms with E-state index in [1.807, 2.05) is 0 Å². The molecule has 4 nitrogen and oxygen atoms in total. The maximum atomic E-state index is 12.5. The first-order chi connectivity index (χ1) is 8.65. The van der Waals surface area contributed by atoms with Gasteiger partial charge in [0.05, 0.1) is 7.11 Å². The highest BCUT2D eigenvalue weighted by Gasteiger charge is 2.35. The Bertz CT molecular complexity index is 491. The average Bonchev–Trinajstić information content (AvgIpc) is 2.28. The Morgan fingerprint density at radius 1 is 1.42 bits per heavy atom. The van der Waals surface area contributed by atoms with E-state index in [1.165, 1.54) is 22.6 Å². The van der Waals surface area contributed by atoms with Gasteiger partial charge in [0.1, 0.15) is 15.0 Å². The molecular weight excluding hydrogens is 392 g/mol. The van der Waals surface area contributed by atoms with Crippen LogP contribution in [0.3, 0.4) is 0 Å². The van der Waals surface area contributed by atoms with Crippen molar-refractivity contribution in [2.45, 2.75) is 12.8 Å². The molecule has 0 radical (unpaired) electrons. The van der Waals surface area contributed by atoms with Crippen LogP contribution >= 0.6 is 22.6 Å². The third-order valence-corrected chi connectivity index (χ3v) is 2.53. The van der Waals surface area contributed by atoms with Gasteiger partial charge in [0.2, 0.25) is 0 Å². The molecule has 0 saturated heterocycles. The first-order valence-electron chi connectivity index (χ1n) is 4.48. The van der Waals surface area contributed by atoms with Crippen molar-refractivity contribution < 1.29 is 36.2 Å². The van der Waals surface area contributed by atoms with Gasteiger partial charge >= 0.3 is 12.3 Å². The summed E-state index contributed by atoms with van der Waals surface area (Å²) in [5.41, 5.74) is -1.62. The molecule has 0 amide bonds. The minimum Gasteiger partial charge on any atom is -0.465 e. The maximum Gasteiger partial charge on any atom is 0.573 e. The predicted octanol–water partition coefficient (Wildman–Crippen LogP) is 3.31. The van der Waals surface area contributed by atoms with Gasteiger partial charge in [-0.05, 0) is 28.7 Å². The number of hydrogen-bond donors (Lipinski definition) is 0. The first-order valence-corrected chi connectivity index (χ1v) is 5.56. The van der Waals surface area contributed by atoms with E-state index in [0.29, 0.717) is 6.07 Å².